The van der Waals surface area contributed by atoms with Gasteiger partial charge >= 0.3 is 11.9 Å². The van der Waals surface area contributed by atoms with Crippen molar-refractivity contribution < 1.29 is 29.0 Å². The molecule has 0 fully saturated rings. The van der Waals surface area contributed by atoms with Crippen molar-refractivity contribution in [2.75, 3.05) is 7.11 Å². The zero-order valence-electron chi connectivity index (χ0n) is 15.1. The van der Waals surface area contributed by atoms with Gasteiger partial charge in [-0.25, -0.2) is 9.59 Å². The summed E-state index contributed by atoms with van der Waals surface area (Å²) < 4.78 is 10.2. The number of benzene rings is 3. The number of carbonyl (C=O) groups is 3. The second kappa shape index (κ2) is 10.3. The first kappa shape index (κ1) is 20.4. The van der Waals surface area contributed by atoms with Gasteiger partial charge in [-0.05, 0) is 48.5 Å². The Kier molecular flexibility index (Phi) is 7.48. The van der Waals surface area contributed by atoms with Crippen molar-refractivity contribution in [1.29, 1.82) is 0 Å². The van der Waals surface area contributed by atoms with Gasteiger partial charge < -0.3 is 14.6 Å². The average Bonchev–Trinajstić information content (AvgIpc) is 2.75. The Bertz CT molecular complexity index is 916. The third-order valence-electron chi connectivity index (χ3n) is 3.57. The van der Waals surface area contributed by atoms with Crippen LogP contribution in [-0.4, -0.2) is 30.4 Å². The van der Waals surface area contributed by atoms with Crippen LogP contribution in [-0.2, 0) is 0 Å². The number of para-hydroxylation sites is 1. The molecule has 6 heteroatoms. The Morgan fingerprint density at radius 2 is 1.36 bits per heavy atom. The van der Waals surface area contributed by atoms with Gasteiger partial charge in [-0.15, -0.1) is 0 Å². The Hall–Kier alpha value is -3.93. The van der Waals surface area contributed by atoms with Crippen molar-refractivity contribution in [3.63, 3.8) is 0 Å². The fraction of sp³-hybridized carbons (Fsp3) is 0.0455. The molecule has 0 aliphatic carbocycles. The van der Waals surface area contributed by atoms with Crippen LogP contribution in [0.4, 0.5) is 0 Å². The van der Waals surface area contributed by atoms with Crippen LogP contribution in [0.5, 0.6) is 11.5 Å². The lowest BCUT2D eigenvalue weighted by molar-refractivity contribution is 0.0694. The van der Waals surface area contributed by atoms with Crippen molar-refractivity contribution in [3.8, 4) is 11.5 Å². The van der Waals surface area contributed by atoms with Crippen molar-refractivity contribution in [3.05, 3.63) is 95.6 Å². The molecule has 0 heterocycles. The molecule has 0 spiro atoms. The van der Waals surface area contributed by atoms with Crippen LogP contribution in [0, 0.1) is 0 Å². The summed E-state index contributed by atoms with van der Waals surface area (Å²) in [7, 11) is 1.58. The predicted molar refractivity (Wildman–Crippen MR) is 103 cm³/mol. The second-order valence-electron chi connectivity index (χ2n) is 5.48. The molecule has 0 aliphatic heterocycles. The Morgan fingerprint density at radius 3 is 1.86 bits per heavy atom. The van der Waals surface area contributed by atoms with Crippen molar-refractivity contribution in [1.82, 2.24) is 0 Å². The highest BCUT2D eigenvalue weighted by Crippen LogP contribution is 2.15. The SMILES string of the molecule is COc1ccc(C(=O)Oc2ccccc2)cc1.O=Cc1ccc(C(=O)O)cc1. The standard InChI is InChI=1S/C14H12O3.C8H6O3/c1-16-12-9-7-11(8-10-12)14(15)17-13-5-3-2-4-6-13;9-5-6-1-3-7(4-2-6)8(10)11/h2-10H,1H3;1-5H,(H,10,11). The van der Waals surface area contributed by atoms with Crippen molar-refractivity contribution in [2.45, 2.75) is 0 Å². The smallest absolute Gasteiger partial charge is 0.343 e. The fourth-order valence-corrected chi connectivity index (χ4v) is 2.09. The molecular weight excluding hydrogens is 360 g/mol. The highest BCUT2D eigenvalue weighted by Gasteiger charge is 2.07. The molecule has 1 N–H and O–H groups in total. The first-order chi connectivity index (χ1) is 13.5. The fourth-order valence-electron chi connectivity index (χ4n) is 2.09. The number of hydrogen-bond acceptors (Lipinski definition) is 5. The van der Waals surface area contributed by atoms with Crippen LogP contribution in [0.25, 0.3) is 0 Å². The van der Waals surface area contributed by atoms with Gasteiger partial charge in [0.2, 0.25) is 0 Å². The Labute approximate surface area is 162 Å². The monoisotopic (exact) mass is 378 g/mol. The third-order valence-corrected chi connectivity index (χ3v) is 3.57. The van der Waals surface area contributed by atoms with E-state index < -0.39 is 5.97 Å². The molecule has 0 atom stereocenters. The van der Waals surface area contributed by atoms with Crippen LogP contribution in [0.15, 0.2) is 78.9 Å². The van der Waals surface area contributed by atoms with Gasteiger partial charge in [0.05, 0.1) is 18.2 Å². The number of esters is 1. The summed E-state index contributed by atoms with van der Waals surface area (Å²) in [5.41, 5.74) is 1.17. The van der Waals surface area contributed by atoms with Crippen LogP contribution in [0.1, 0.15) is 31.1 Å². The van der Waals surface area contributed by atoms with E-state index in [2.05, 4.69) is 0 Å². The predicted octanol–water partition coefficient (Wildman–Crippen LogP) is 4.11. The van der Waals surface area contributed by atoms with Gasteiger partial charge in [0.25, 0.3) is 0 Å². The lowest BCUT2D eigenvalue weighted by atomic mass is 10.1. The van der Waals surface area contributed by atoms with Gasteiger partial charge in [-0.1, -0.05) is 30.3 Å². The zero-order chi connectivity index (χ0) is 20.4. The molecule has 6 nitrogen and oxygen atoms in total. The molecule has 3 aromatic rings. The maximum Gasteiger partial charge on any atom is 0.343 e. The van der Waals surface area contributed by atoms with Crippen molar-refractivity contribution >= 4 is 18.2 Å². The number of ether oxygens (including phenoxy) is 2. The van der Waals surface area contributed by atoms with E-state index in [0.29, 0.717) is 28.9 Å². The van der Waals surface area contributed by atoms with Crippen LogP contribution in [0.3, 0.4) is 0 Å². The summed E-state index contributed by atoms with van der Waals surface area (Å²) in [6.45, 7) is 0. The number of carbonyl (C=O) groups excluding carboxylic acids is 2. The molecule has 142 valence electrons. The lowest BCUT2D eigenvalue weighted by Crippen LogP contribution is -2.08. The van der Waals surface area contributed by atoms with Gasteiger partial charge in [0, 0.05) is 5.56 Å². The molecule has 0 aromatic heterocycles. The number of carboxylic acids is 1. The summed E-state index contributed by atoms with van der Waals surface area (Å²) in [4.78, 5) is 32.2. The Balaban J connectivity index is 0.000000221. The summed E-state index contributed by atoms with van der Waals surface area (Å²) in [5, 5.41) is 8.46. The number of methoxy groups -OCH3 is 1. The maximum atomic E-state index is 11.8. The summed E-state index contributed by atoms with van der Waals surface area (Å²) >= 11 is 0. The van der Waals surface area contributed by atoms with E-state index in [0.717, 1.165) is 0 Å². The van der Waals surface area contributed by atoms with Crippen molar-refractivity contribution in [2.24, 2.45) is 0 Å². The Morgan fingerprint density at radius 1 is 0.786 bits per heavy atom. The van der Waals surface area contributed by atoms with E-state index in [1.54, 1.807) is 43.5 Å². The number of rotatable bonds is 5. The van der Waals surface area contributed by atoms with Crippen LogP contribution >= 0.6 is 0 Å². The van der Waals surface area contributed by atoms with Gasteiger partial charge in [0.15, 0.2) is 0 Å². The molecule has 0 unspecified atom stereocenters. The lowest BCUT2D eigenvalue weighted by Gasteiger charge is -2.04. The zero-order valence-corrected chi connectivity index (χ0v) is 15.1. The summed E-state index contributed by atoms with van der Waals surface area (Å²) in [6.07, 6.45) is 0.672. The number of aldehydes is 1. The maximum absolute atomic E-state index is 11.8. The van der Waals surface area contributed by atoms with E-state index in [1.807, 2.05) is 18.2 Å². The number of carboxylic acid groups (broad SMARTS) is 1. The highest BCUT2D eigenvalue weighted by molar-refractivity contribution is 5.91. The minimum absolute atomic E-state index is 0.190. The average molecular weight is 378 g/mol. The van der Waals surface area contributed by atoms with Crippen LogP contribution in [0.2, 0.25) is 0 Å². The molecule has 28 heavy (non-hydrogen) atoms. The topological polar surface area (TPSA) is 89.9 Å². The first-order valence-electron chi connectivity index (χ1n) is 8.23. The molecular formula is C22H18O6. The third kappa shape index (κ3) is 6.10. The van der Waals surface area contributed by atoms with Gasteiger partial charge in [-0.3, -0.25) is 4.79 Å². The normalized spacial score (nSPS) is 9.46. The highest BCUT2D eigenvalue weighted by atomic mass is 16.5. The number of aromatic carboxylic acids is 1. The van der Waals surface area contributed by atoms with E-state index in [4.69, 9.17) is 14.6 Å². The summed E-state index contributed by atoms with van der Waals surface area (Å²) in [6, 6.07) is 21.5. The second-order valence-corrected chi connectivity index (χ2v) is 5.48. The molecule has 3 rings (SSSR count). The molecule has 0 amide bonds. The van der Waals surface area contributed by atoms with E-state index in [-0.39, 0.29) is 11.5 Å². The quantitative estimate of drug-likeness (QED) is 0.408. The molecule has 0 saturated carbocycles. The molecule has 3 aromatic carbocycles. The largest absolute Gasteiger partial charge is 0.497 e. The van der Waals surface area contributed by atoms with Gasteiger partial charge in [0.1, 0.15) is 17.8 Å². The molecule has 0 radical (unpaired) electrons. The molecule has 0 aliphatic rings. The van der Waals surface area contributed by atoms with Gasteiger partial charge in [-0.2, -0.15) is 0 Å². The van der Waals surface area contributed by atoms with E-state index in [9.17, 15) is 14.4 Å². The first-order valence-corrected chi connectivity index (χ1v) is 8.23. The van der Waals surface area contributed by atoms with E-state index >= 15 is 0 Å². The number of hydrogen-bond donors (Lipinski definition) is 1. The van der Waals surface area contributed by atoms with E-state index in [1.165, 1.54) is 24.3 Å². The van der Waals surface area contributed by atoms with Crippen LogP contribution < -0.4 is 9.47 Å². The summed E-state index contributed by atoms with van der Waals surface area (Å²) in [5.74, 6) is -0.115. The molecule has 0 bridgehead atoms. The molecule has 0 saturated heterocycles. The minimum atomic E-state index is -0.984. The minimum Gasteiger partial charge on any atom is -0.497 e.